The van der Waals surface area contributed by atoms with Gasteiger partial charge in [0.15, 0.2) is 0 Å². The van der Waals surface area contributed by atoms with Crippen LogP contribution in [0.15, 0.2) is 47.6 Å². The van der Waals surface area contributed by atoms with Crippen molar-refractivity contribution in [3.63, 3.8) is 0 Å². The fourth-order valence-corrected chi connectivity index (χ4v) is 1.77. The van der Waals surface area contributed by atoms with Crippen molar-refractivity contribution in [1.82, 2.24) is 5.43 Å². The quantitative estimate of drug-likeness (QED) is 0.681. The summed E-state index contributed by atoms with van der Waals surface area (Å²) in [6.07, 6.45) is 1.18. The van der Waals surface area contributed by atoms with Crippen molar-refractivity contribution >= 4 is 23.7 Å². The van der Waals surface area contributed by atoms with Gasteiger partial charge < -0.3 is 0 Å². The minimum Gasteiger partial charge on any atom is -0.267 e. The van der Waals surface area contributed by atoms with Crippen LogP contribution in [-0.2, 0) is 0 Å². The molecule has 0 aromatic heterocycles. The van der Waals surface area contributed by atoms with Gasteiger partial charge >= 0.3 is 0 Å². The molecule has 0 radical (unpaired) electrons. The summed E-state index contributed by atoms with van der Waals surface area (Å²) in [6, 6.07) is 11.4. The third kappa shape index (κ3) is 3.42. The summed E-state index contributed by atoms with van der Waals surface area (Å²) >= 11 is 5.84. The Bertz CT molecular complexity index is 633. The maximum absolute atomic E-state index is 13.5. The maximum Gasteiger partial charge on any atom is 0.271 e. The van der Waals surface area contributed by atoms with E-state index in [1.807, 2.05) is 19.1 Å². The largest absolute Gasteiger partial charge is 0.271 e. The number of benzene rings is 2. The second-order valence-electron chi connectivity index (χ2n) is 4.20. The zero-order valence-corrected chi connectivity index (χ0v) is 11.5. The Morgan fingerprint density at radius 3 is 2.60 bits per heavy atom. The molecule has 2 aromatic carbocycles. The van der Waals surface area contributed by atoms with E-state index in [-0.39, 0.29) is 16.5 Å². The van der Waals surface area contributed by atoms with Crippen molar-refractivity contribution in [1.29, 1.82) is 0 Å². The third-order valence-electron chi connectivity index (χ3n) is 2.67. The summed E-state index contributed by atoms with van der Waals surface area (Å²) < 4.78 is 13.5. The normalized spacial score (nSPS) is 10.8. The van der Waals surface area contributed by atoms with Crippen molar-refractivity contribution in [2.24, 2.45) is 5.10 Å². The van der Waals surface area contributed by atoms with Gasteiger partial charge in [-0.2, -0.15) is 5.10 Å². The van der Waals surface area contributed by atoms with Crippen LogP contribution in [0.2, 0.25) is 5.02 Å². The smallest absolute Gasteiger partial charge is 0.267 e. The lowest BCUT2D eigenvalue weighted by Gasteiger charge is -2.01. The van der Waals surface area contributed by atoms with Gasteiger partial charge in [-0.1, -0.05) is 35.4 Å². The number of amides is 1. The first kappa shape index (κ1) is 14.2. The molecule has 5 heteroatoms. The van der Waals surface area contributed by atoms with E-state index in [1.165, 1.54) is 18.3 Å². The van der Waals surface area contributed by atoms with E-state index in [9.17, 15) is 9.18 Å². The van der Waals surface area contributed by atoms with E-state index < -0.39 is 5.82 Å². The molecular formula is C15H12ClFN2O. The van der Waals surface area contributed by atoms with Crippen LogP contribution in [0.3, 0.4) is 0 Å². The van der Waals surface area contributed by atoms with E-state index in [0.717, 1.165) is 5.56 Å². The number of hydrazone groups is 1. The number of nitrogens with one attached hydrogen (secondary N) is 1. The van der Waals surface area contributed by atoms with Gasteiger partial charge in [0.05, 0.1) is 11.2 Å². The molecule has 0 saturated carbocycles. The number of nitrogens with zero attached hydrogens (tertiary/aromatic N) is 1. The van der Waals surface area contributed by atoms with Crippen LogP contribution in [0, 0.1) is 12.7 Å². The second-order valence-corrected chi connectivity index (χ2v) is 4.61. The highest BCUT2D eigenvalue weighted by Gasteiger charge is 2.05. The molecule has 0 atom stereocenters. The van der Waals surface area contributed by atoms with Crippen LogP contribution < -0.4 is 5.43 Å². The minimum atomic E-state index is -0.495. The van der Waals surface area contributed by atoms with E-state index in [0.29, 0.717) is 5.56 Å². The molecular weight excluding hydrogens is 279 g/mol. The van der Waals surface area contributed by atoms with Crippen LogP contribution in [0.4, 0.5) is 4.39 Å². The molecule has 2 aromatic rings. The summed E-state index contributed by atoms with van der Waals surface area (Å²) in [5, 5.41) is 3.95. The van der Waals surface area contributed by atoms with Crippen molar-refractivity contribution in [2.45, 2.75) is 6.92 Å². The molecule has 1 amide bonds. The fourth-order valence-electron chi connectivity index (χ4n) is 1.56. The molecule has 0 aliphatic rings. The predicted octanol–water partition coefficient (Wildman–Crippen LogP) is 3.55. The summed E-state index contributed by atoms with van der Waals surface area (Å²) in [6.45, 7) is 1.93. The molecule has 20 heavy (non-hydrogen) atoms. The monoisotopic (exact) mass is 290 g/mol. The summed E-state index contributed by atoms with van der Waals surface area (Å²) in [5.74, 6) is -0.862. The third-order valence-corrected chi connectivity index (χ3v) is 3.00. The van der Waals surface area contributed by atoms with Crippen LogP contribution >= 0.6 is 11.6 Å². The first-order chi connectivity index (χ1) is 9.58. The number of rotatable bonds is 3. The van der Waals surface area contributed by atoms with Gasteiger partial charge in [0.1, 0.15) is 5.82 Å². The second kappa shape index (κ2) is 6.30. The summed E-state index contributed by atoms with van der Waals surface area (Å²) in [7, 11) is 0. The van der Waals surface area contributed by atoms with Crippen LogP contribution in [0.25, 0.3) is 0 Å². The zero-order chi connectivity index (χ0) is 14.5. The zero-order valence-electron chi connectivity index (χ0n) is 10.7. The van der Waals surface area contributed by atoms with E-state index in [4.69, 9.17) is 11.6 Å². The standard InChI is InChI=1S/C15H12ClFN2O/c1-10-5-7-11(8-6-10)15(20)19-18-9-12-13(16)3-2-4-14(12)17/h2-9H,1H3,(H,19,20)/b18-9+. The molecule has 0 bridgehead atoms. The highest BCUT2D eigenvalue weighted by molar-refractivity contribution is 6.33. The van der Waals surface area contributed by atoms with Crippen LogP contribution in [0.5, 0.6) is 0 Å². The van der Waals surface area contributed by atoms with Gasteiger partial charge in [0.2, 0.25) is 0 Å². The topological polar surface area (TPSA) is 41.5 Å². The molecule has 0 fully saturated rings. The van der Waals surface area contributed by atoms with Crippen molar-refractivity contribution in [3.8, 4) is 0 Å². The van der Waals surface area contributed by atoms with Gasteiger partial charge in [-0.15, -0.1) is 0 Å². The molecule has 0 spiro atoms. The molecule has 0 heterocycles. The Hall–Kier alpha value is -2.20. The van der Waals surface area contributed by atoms with Crippen molar-refractivity contribution in [3.05, 3.63) is 70.0 Å². The average molecular weight is 291 g/mol. The first-order valence-corrected chi connectivity index (χ1v) is 6.30. The molecule has 0 aliphatic carbocycles. The van der Waals surface area contributed by atoms with Gasteiger partial charge in [-0.3, -0.25) is 4.79 Å². The van der Waals surface area contributed by atoms with Gasteiger partial charge in [0.25, 0.3) is 5.91 Å². The van der Waals surface area contributed by atoms with E-state index in [1.54, 1.807) is 18.2 Å². The summed E-state index contributed by atoms with van der Waals surface area (Å²) in [4.78, 5) is 11.8. The minimum absolute atomic E-state index is 0.137. The number of hydrogen-bond donors (Lipinski definition) is 1. The average Bonchev–Trinajstić information content (AvgIpc) is 2.42. The molecule has 0 aliphatic heterocycles. The molecule has 1 N–H and O–H groups in total. The molecule has 0 unspecified atom stereocenters. The van der Waals surface area contributed by atoms with Crippen molar-refractivity contribution < 1.29 is 9.18 Å². The molecule has 102 valence electrons. The Labute approximate surface area is 121 Å². The van der Waals surface area contributed by atoms with Gasteiger partial charge in [0, 0.05) is 11.1 Å². The molecule has 2 rings (SSSR count). The number of hydrogen-bond acceptors (Lipinski definition) is 2. The number of carbonyl (C=O) groups is 1. The number of carbonyl (C=O) groups excluding carboxylic acids is 1. The lowest BCUT2D eigenvalue weighted by molar-refractivity contribution is 0.0955. The highest BCUT2D eigenvalue weighted by Crippen LogP contribution is 2.16. The lowest BCUT2D eigenvalue weighted by Crippen LogP contribution is -2.17. The predicted molar refractivity (Wildman–Crippen MR) is 77.6 cm³/mol. The Kier molecular flexibility index (Phi) is 4.48. The Balaban J connectivity index is 2.06. The van der Waals surface area contributed by atoms with Crippen LogP contribution in [-0.4, -0.2) is 12.1 Å². The van der Waals surface area contributed by atoms with Gasteiger partial charge in [-0.05, 0) is 31.2 Å². The summed E-state index contributed by atoms with van der Waals surface area (Å²) in [5.41, 5.74) is 4.00. The van der Waals surface area contributed by atoms with Crippen LogP contribution in [0.1, 0.15) is 21.5 Å². The van der Waals surface area contributed by atoms with Crippen molar-refractivity contribution in [2.75, 3.05) is 0 Å². The molecule has 3 nitrogen and oxygen atoms in total. The maximum atomic E-state index is 13.5. The van der Waals surface area contributed by atoms with E-state index in [2.05, 4.69) is 10.5 Å². The number of halogens is 2. The van der Waals surface area contributed by atoms with Gasteiger partial charge in [-0.25, -0.2) is 9.82 Å². The van der Waals surface area contributed by atoms with E-state index >= 15 is 0 Å². The number of aryl methyl sites for hydroxylation is 1. The lowest BCUT2D eigenvalue weighted by atomic mass is 10.1. The Morgan fingerprint density at radius 1 is 1.25 bits per heavy atom. The molecule has 0 saturated heterocycles. The highest BCUT2D eigenvalue weighted by atomic mass is 35.5. The fraction of sp³-hybridized carbons (Fsp3) is 0.0667. The SMILES string of the molecule is Cc1ccc(C(=O)N/N=C/c2c(F)cccc2Cl)cc1. The first-order valence-electron chi connectivity index (χ1n) is 5.92. The Morgan fingerprint density at radius 2 is 1.95 bits per heavy atom.